The lowest BCUT2D eigenvalue weighted by Gasteiger charge is -2.27. The van der Waals surface area contributed by atoms with E-state index < -0.39 is 0 Å². The van der Waals surface area contributed by atoms with Gasteiger partial charge in [0.05, 0.1) is 6.10 Å². The van der Waals surface area contributed by atoms with Gasteiger partial charge in [0.2, 0.25) is 0 Å². The zero-order chi connectivity index (χ0) is 13.1. The van der Waals surface area contributed by atoms with E-state index in [1.54, 1.807) is 0 Å². The monoisotopic (exact) mass is 328 g/mol. The average molecular weight is 329 g/mol. The Morgan fingerprint density at radius 1 is 1.56 bits per heavy atom. The predicted octanol–water partition coefficient (Wildman–Crippen LogP) is 2.70. The second-order valence-corrected chi connectivity index (χ2v) is 5.77. The highest BCUT2D eigenvalue weighted by atomic mass is 79.9. The van der Waals surface area contributed by atoms with Gasteiger partial charge in [0.15, 0.2) is 0 Å². The molecule has 1 heterocycles. The number of nitrogens with zero attached hydrogens (tertiary/aromatic N) is 1. The van der Waals surface area contributed by atoms with E-state index in [0.717, 1.165) is 41.8 Å². The first-order chi connectivity index (χ1) is 8.59. The van der Waals surface area contributed by atoms with Gasteiger partial charge in [0.1, 0.15) is 4.99 Å². The third-order valence-electron chi connectivity index (χ3n) is 3.03. The van der Waals surface area contributed by atoms with Gasteiger partial charge in [-0.1, -0.05) is 18.3 Å². The maximum Gasteiger partial charge on any atom is 0.107 e. The van der Waals surface area contributed by atoms with Gasteiger partial charge in [0.25, 0.3) is 0 Å². The third kappa shape index (κ3) is 3.02. The van der Waals surface area contributed by atoms with Gasteiger partial charge in [0, 0.05) is 35.4 Å². The van der Waals surface area contributed by atoms with Crippen LogP contribution in [0.4, 0.5) is 5.69 Å². The second kappa shape index (κ2) is 5.99. The number of halogens is 1. The SMILES string of the molecule is CC1CN(c2cccc(Br)c2C(N)=S)CCCO1. The molecule has 1 saturated heterocycles. The van der Waals surface area contributed by atoms with Gasteiger partial charge in [-0.25, -0.2) is 0 Å². The van der Waals surface area contributed by atoms with Crippen molar-refractivity contribution in [1.82, 2.24) is 0 Å². The van der Waals surface area contributed by atoms with Crippen molar-refractivity contribution in [2.45, 2.75) is 19.4 Å². The van der Waals surface area contributed by atoms with E-state index in [1.165, 1.54) is 0 Å². The van der Waals surface area contributed by atoms with E-state index in [-0.39, 0.29) is 6.10 Å². The minimum atomic E-state index is 0.227. The highest BCUT2D eigenvalue weighted by Crippen LogP contribution is 2.29. The Morgan fingerprint density at radius 2 is 2.33 bits per heavy atom. The summed E-state index contributed by atoms with van der Waals surface area (Å²) in [4.78, 5) is 2.73. The summed E-state index contributed by atoms with van der Waals surface area (Å²) < 4.78 is 6.62. The molecule has 5 heteroatoms. The van der Waals surface area contributed by atoms with Crippen molar-refractivity contribution in [2.24, 2.45) is 5.73 Å². The lowest BCUT2D eigenvalue weighted by molar-refractivity contribution is 0.0821. The summed E-state index contributed by atoms with van der Waals surface area (Å²) in [6.45, 7) is 4.74. The van der Waals surface area contributed by atoms with E-state index in [9.17, 15) is 0 Å². The molecule has 2 rings (SSSR count). The van der Waals surface area contributed by atoms with Crippen LogP contribution in [0.2, 0.25) is 0 Å². The Bertz CT molecular complexity index is 453. The zero-order valence-corrected chi connectivity index (χ0v) is 12.8. The number of hydrogen-bond donors (Lipinski definition) is 1. The molecule has 0 radical (unpaired) electrons. The average Bonchev–Trinajstić information content (AvgIpc) is 2.53. The van der Waals surface area contributed by atoms with Crippen LogP contribution in [0, 0.1) is 0 Å². The molecular formula is C13H17BrN2OS. The molecule has 1 aromatic carbocycles. The van der Waals surface area contributed by atoms with Gasteiger partial charge < -0.3 is 15.4 Å². The molecule has 1 atom stereocenters. The highest BCUT2D eigenvalue weighted by molar-refractivity contribution is 9.10. The summed E-state index contributed by atoms with van der Waals surface area (Å²) in [5, 5.41) is 0. The molecule has 0 amide bonds. The molecule has 1 unspecified atom stereocenters. The fourth-order valence-corrected chi connectivity index (χ4v) is 3.15. The number of rotatable bonds is 2. The number of hydrogen-bond acceptors (Lipinski definition) is 3. The van der Waals surface area contributed by atoms with Crippen LogP contribution >= 0.6 is 28.1 Å². The fourth-order valence-electron chi connectivity index (χ4n) is 2.23. The number of thiocarbonyl (C=S) groups is 1. The Labute approximate surface area is 121 Å². The minimum absolute atomic E-state index is 0.227. The first kappa shape index (κ1) is 13.8. The molecule has 0 bridgehead atoms. The standard InChI is InChI=1S/C13H17BrN2OS/c1-9-8-16(6-3-7-17-9)11-5-2-4-10(14)12(11)13(15)18/h2,4-5,9H,3,6-8H2,1H3,(H2,15,18). The van der Waals surface area contributed by atoms with Crippen molar-refractivity contribution in [3.05, 3.63) is 28.2 Å². The molecule has 0 saturated carbocycles. The van der Waals surface area contributed by atoms with E-state index >= 15 is 0 Å². The van der Waals surface area contributed by atoms with E-state index in [1.807, 2.05) is 12.1 Å². The van der Waals surface area contributed by atoms with Crippen molar-refractivity contribution in [2.75, 3.05) is 24.6 Å². The lowest BCUT2D eigenvalue weighted by atomic mass is 10.1. The smallest absolute Gasteiger partial charge is 0.107 e. The van der Waals surface area contributed by atoms with Gasteiger partial charge in [-0.05, 0) is 41.4 Å². The normalized spacial score (nSPS) is 20.6. The van der Waals surface area contributed by atoms with E-state index in [4.69, 9.17) is 22.7 Å². The molecule has 2 N–H and O–H groups in total. The molecule has 98 valence electrons. The number of ether oxygens (including phenoxy) is 1. The third-order valence-corrected chi connectivity index (χ3v) is 3.90. The summed E-state index contributed by atoms with van der Waals surface area (Å²) >= 11 is 8.68. The van der Waals surface area contributed by atoms with Gasteiger partial charge in [-0.2, -0.15) is 0 Å². The summed E-state index contributed by atoms with van der Waals surface area (Å²) in [5.74, 6) is 0. The van der Waals surface area contributed by atoms with Crippen LogP contribution in [0.5, 0.6) is 0 Å². The van der Waals surface area contributed by atoms with Crippen LogP contribution < -0.4 is 10.6 Å². The van der Waals surface area contributed by atoms with Crippen LogP contribution in [0.1, 0.15) is 18.9 Å². The number of nitrogens with two attached hydrogens (primary N) is 1. The number of anilines is 1. The minimum Gasteiger partial charge on any atom is -0.389 e. The molecule has 0 aromatic heterocycles. The lowest BCUT2D eigenvalue weighted by Crippen LogP contribution is -2.32. The Balaban J connectivity index is 2.37. The molecule has 0 spiro atoms. The summed E-state index contributed by atoms with van der Waals surface area (Å²) in [7, 11) is 0. The van der Waals surface area contributed by atoms with Crippen LogP contribution in [-0.2, 0) is 4.74 Å². The van der Waals surface area contributed by atoms with Crippen LogP contribution in [-0.4, -0.2) is 30.8 Å². The van der Waals surface area contributed by atoms with Gasteiger partial charge >= 0.3 is 0 Å². The van der Waals surface area contributed by atoms with Crippen LogP contribution in [0.15, 0.2) is 22.7 Å². The maximum absolute atomic E-state index is 5.84. The largest absolute Gasteiger partial charge is 0.389 e. The zero-order valence-electron chi connectivity index (χ0n) is 10.4. The molecule has 0 aliphatic carbocycles. The van der Waals surface area contributed by atoms with Crippen LogP contribution in [0.3, 0.4) is 0 Å². The second-order valence-electron chi connectivity index (χ2n) is 4.48. The van der Waals surface area contributed by atoms with Crippen molar-refractivity contribution < 1.29 is 4.74 Å². The quantitative estimate of drug-likeness (QED) is 0.847. The van der Waals surface area contributed by atoms with Crippen molar-refractivity contribution in [3.8, 4) is 0 Å². The Kier molecular flexibility index (Phi) is 4.59. The first-order valence-corrected chi connectivity index (χ1v) is 7.24. The predicted molar refractivity (Wildman–Crippen MR) is 82.3 cm³/mol. The summed E-state index contributed by atoms with van der Waals surface area (Å²) in [6.07, 6.45) is 1.25. The van der Waals surface area contributed by atoms with Crippen molar-refractivity contribution in [1.29, 1.82) is 0 Å². The molecule has 18 heavy (non-hydrogen) atoms. The van der Waals surface area contributed by atoms with Gasteiger partial charge in [-0.15, -0.1) is 0 Å². The summed E-state index contributed by atoms with van der Waals surface area (Å²) in [6, 6.07) is 6.05. The topological polar surface area (TPSA) is 38.5 Å². The molecular weight excluding hydrogens is 312 g/mol. The van der Waals surface area contributed by atoms with Crippen molar-refractivity contribution >= 4 is 38.8 Å². The van der Waals surface area contributed by atoms with Gasteiger partial charge in [-0.3, -0.25) is 0 Å². The maximum atomic E-state index is 5.84. The molecule has 3 nitrogen and oxygen atoms in total. The molecule has 1 aromatic rings. The van der Waals surface area contributed by atoms with Crippen LogP contribution in [0.25, 0.3) is 0 Å². The number of benzene rings is 1. The fraction of sp³-hybridized carbons (Fsp3) is 0.462. The molecule has 1 aliphatic rings. The Morgan fingerprint density at radius 3 is 3.06 bits per heavy atom. The van der Waals surface area contributed by atoms with E-state index in [0.29, 0.717) is 4.99 Å². The Hall–Kier alpha value is -0.650. The molecule has 1 fully saturated rings. The molecule has 1 aliphatic heterocycles. The highest BCUT2D eigenvalue weighted by Gasteiger charge is 2.19. The first-order valence-electron chi connectivity index (χ1n) is 6.04. The van der Waals surface area contributed by atoms with Crippen molar-refractivity contribution in [3.63, 3.8) is 0 Å². The summed E-state index contributed by atoms with van der Waals surface area (Å²) in [5.41, 5.74) is 7.85. The van der Waals surface area contributed by atoms with E-state index in [2.05, 4.69) is 33.8 Å².